The first-order valence-corrected chi connectivity index (χ1v) is 23.3. The Morgan fingerprint density at radius 3 is 1.44 bits per heavy atom. The minimum atomic E-state index is -2.27. The zero-order valence-corrected chi connectivity index (χ0v) is 29.4. The second-order valence-corrected chi connectivity index (χ2v) is 21.4. The van der Waals surface area contributed by atoms with Crippen LogP contribution < -0.4 is 0 Å². The lowest BCUT2D eigenvalue weighted by Crippen LogP contribution is -2.45. The highest BCUT2D eigenvalue weighted by molar-refractivity contribution is 6.68. The van der Waals surface area contributed by atoms with Crippen molar-refractivity contribution in [1.29, 1.82) is 0 Å². The van der Waals surface area contributed by atoms with Crippen LogP contribution in [-0.2, 0) is 31.0 Å². The molecule has 2 fully saturated rings. The van der Waals surface area contributed by atoms with Crippen molar-refractivity contribution in [3.05, 3.63) is 36.5 Å². The van der Waals surface area contributed by atoms with Crippen molar-refractivity contribution >= 4 is 25.9 Å². The highest BCUT2D eigenvalue weighted by Gasteiger charge is 2.42. The molecule has 7 nitrogen and oxygen atoms in total. The molecule has 0 N–H and O–H groups in total. The van der Waals surface area contributed by atoms with Gasteiger partial charge in [0, 0.05) is 37.5 Å². The van der Waals surface area contributed by atoms with Gasteiger partial charge >= 0.3 is 25.9 Å². The predicted octanol–water partition coefficient (Wildman–Crippen LogP) is 7.97. The van der Waals surface area contributed by atoms with E-state index in [1.807, 2.05) is 19.5 Å². The Morgan fingerprint density at radius 2 is 0.951 bits per heavy atom. The summed E-state index contributed by atoms with van der Waals surface area (Å²) in [5.41, 5.74) is 1.47. The molecule has 0 saturated heterocycles. The van der Waals surface area contributed by atoms with Gasteiger partial charge in [0.1, 0.15) is 0 Å². The molecule has 0 bridgehead atoms. The second-order valence-electron chi connectivity index (χ2n) is 11.9. The average Bonchev–Trinajstić information content (AvgIpc) is 3.20. The van der Waals surface area contributed by atoms with Crippen LogP contribution in [0.25, 0.3) is 0 Å². The summed E-state index contributed by atoms with van der Waals surface area (Å²) >= 11 is 0. The topological polar surface area (TPSA) is 64.6 Å². The van der Waals surface area contributed by atoms with Crippen molar-refractivity contribution in [1.82, 2.24) is 0 Å². The lowest BCUT2D eigenvalue weighted by Gasteiger charge is -2.37. The molecule has 0 amide bonds. The predicted molar refractivity (Wildman–Crippen MR) is 173 cm³/mol. The average molecular weight is 627 g/mol. The van der Waals surface area contributed by atoms with E-state index in [0.29, 0.717) is 19.8 Å². The molecular weight excluding hydrogens is 569 g/mol. The third kappa shape index (κ3) is 12.6. The van der Waals surface area contributed by atoms with Crippen LogP contribution in [0.2, 0.25) is 30.7 Å². The SMILES string of the molecule is CCO[Si]1(C)OC/C=C\CCO1.C[Si]1(C2CCCCC2)OC/C=C\CCO1.C[Si]1(C2CCCCC2)OCC=CCO1. The normalized spacial score (nSPS) is 33.2. The molecule has 3 heterocycles. The van der Waals surface area contributed by atoms with E-state index in [-0.39, 0.29) is 0 Å². The quantitative estimate of drug-likeness (QED) is 0.232. The molecule has 2 unspecified atom stereocenters. The Balaban J connectivity index is 0.000000170. The van der Waals surface area contributed by atoms with Gasteiger partial charge in [-0.25, -0.2) is 0 Å². The Hall–Kier alpha value is -0.409. The first-order chi connectivity index (χ1) is 19.9. The maximum atomic E-state index is 6.08. The van der Waals surface area contributed by atoms with Crippen molar-refractivity contribution in [3.8, 4) is 0 Å². The molecule has 0 aromatic rings. The molecule has 0 radical (unpaired) electrons. The largest absolute Gasteiger partial charge is 0.497 e. The maximum Gasteiger partial charge on any atom is 0.497 e. The molecule has 2 aliphatic carbocycles. The van der Waals surface area contributed by atoms with Gasteiger partial charge in [0.15, 0.2) is 0 Å². The van der Waals surface area contributed by atoms with Crippen LogP contribution in [0.15, 0.2) is 36.5 Å². The van der Waals surface area contributed by atoms with Crippen LogP contribution in [0, 0.1) is 0 Å². The lowest BCUT2D eigenvalue weighted by molar-refractivity contribution is 0.0772. The van der Waals surface area contributed by atoms with E-state index in [0.717, 1.165) is 50.4 Å². The summed E-state index contributed by atoms with van der Waals surface area (Å²) in [4.78, 5) is 0. The number of hydrogen-bond donors (Lipinski definition) is 0. The van der Waals surface area contributed by atoms with E-state index in [2.05, 4.69) is 43.5 Å². The fourth-order valence-corrected chi connectivity index (χ4v) is 13.7. The monoisotopic (exact) mass is 626 g/mol. The van der Waals surface area contributed by atoms with Crippen LogP contribution in [-0.4, -0.2) is 72.2 Å². The maximum absolute atomic E-state index is 6.08. The molecule has 3 aliphatic heterocycles. The van der Waals surface area contributed by atoms with Gasteiger partial charge in [-0.3, -0.25) is 0 Å². The summed E-state index contributed by atoms with van der Waals surface area (Å²) < 4.78 is 40.6. The van der Waals surface area contributed by atoms with Crippen LogP contribution in [0.3, 0.4) is 0 Å². The van der Waals surface area contributed by atoms with E-state index in [9.17, 15) is 0 Å². The molecule has 2 saturated carbocycles. The summed E-state index contributed by atoms with van der Waals surface area (Å²) in [6.07, 6.45) is 28.2. The van der Waals surface area contributed by atoms with Gasteiger partial charge < -0.3 is 31.0 Å². The van der Waals surface area contributed by atoms with Crippen molar-refractivity contribution in [3.63, 3.8) is 0 Å². The standard InChI is InChI=1S/C12H22O2Si.C11H20O2Si.C8H16O3Si/c1-15(12-8-4-2-5-9-12)13-10-6-3-7-11-14-15;1-14(11-7-3-2-4-8-11)12-9-5-6-10-13-14;1-3-9-12(2)10-7-5-4-6-8-11-12/h3,6,12H,2,4-5,7-11H2,1H3;5-6,11H,2-4,7-10H2,1H3;4-5H,3,6-8H2,1-2H3/b6-3-;;5-4-. The van der Waals surface area contributed by atoms with Crippen LogP contribution in [0.4, 0.5) is 0 Å². The molecule has 0 aromatic carbocycles. The molecule has 0 spiro atoms. The minimum Gasteiger partial charge on any atom is -0.394 e. The summed E-state index contributed by atoms with van der Waals surface area (Å²) in [5.74, 6) is 0. The van der Waals surface area contributed by atoms with E-state index in [1.165, 1.54) is 64.2 Å². The summed E-state index contributed by atoms with van der Waals surface area (Å²) in [7, 11) is -5.99. The van der Waals surface area contributed by atoms with E-state index in [4.69, 9.17) is 31.0 Å². The zero-order valence-electron chi connectivity index (χ0n) is 26.4. The summed E-state index contributed by atoms with van der Waals surface area (Å²) in [6, 6.07) is 0. The summed E-state index contributed by atoms with van der Waals surface area (Å²) in [5, 5.41) is 0. The van der Waals surface area contributed by atoms with Gasteiger partial charge in [-0.05, 0) is 58.5 Å². The van der Waals surface area contributed by atoms with Gasteiger partial charge in [-0.2, -0.15) is 0 Å². The van der Waals surface area contributed by atoms with Gasteiger partial charge in [0.05, 0.1) is 26.4 Å². The summed E-state index contributed by atoms with van der Waals surface area (Å²) in [6.45, 7) is 13.5. The Bertz CT molecular complexity index is 789. The number of rotatable bonds is 4. The van der Waals surface area contributed by atoms with E-state index in [1.54, 1.807) is 0 Å². The third-order valence-corrected chi connectivity index (χ3v) is 18.1. The van der Waals surface area contributed by atoms with Gasteiger partial charge in [0.2, 0.25) is 0 Å². The minimum absolute atomic E-state index is 0.614. The number of hydrogen-bond acceptors (Lipinski definition) is 7. The smallest absolute Gasteiger partial charge is 0.394 e. The second kappa shape index (κ2) is 19.1. The highest BCUT2D eigenvalue weighted by Crippen LogP contribution is 2.39. The molecule has 5 rings (SSSR count). The van der Waals surface area contributed by atoms with Crippen molar-refractivity contribution in [2.24, 2.45) is 0 Å². The fraction of sp³-hybridized carbons (Fsp3) is 0.806. The zero-order chi connectivity index (χ0) is 29.3. The molecule has 0 aromatic heterocycles. The Labute approximate surface area is 253 Å². The van der Waals surface area contributed by atoms with Crippen LogP contribution in [0.5, 0.6) is 0 Å². The molecule has 236 valence electrons. The van der Waals surface area contributed by atoms with Crippen molar-refractivity contribution in [2.75, 3.05) is 46.2 Å². The first-order valence-electron chi connectivity index (χ1n) is 16.3. The molecule has 41 heavy (non-hydrogen) atoms. The van der Waals surface area contributed by atoms with Crippen LogP contribution >= 0.6 is 0 Å². The Kier molecular flexibility index (Phi) is 16.3. The van der Waals surface area contributed by atoms with Crippen molar-refractivity contribution < 1.29 is 31.0 Å². The first kappa shape index (κ1) is 35.1. The van der Waals surface area contributed by atoms with Crippen LogP contribution in [0.1, 0.15) is 84.0 Å². The van der Waals surface area contributed by atoms with Crippen molar-refractivity contribution in [2.45, 2.75) is 115 Å². The van der Waals surface area contributed by atoms with E-state index < -0.39 is 25.9 Å². The molecule has 2 atom stereocenters. The molecular formula is C31H58O7Si3. The lowest BCUT2D eigenvalue weighted by atomic mass is 10.0. The van der Waals surface area contributed by atoms with E-state index >= 15 is 0 Å². The Morgan fingerprint density at radius 1 is 0.537 bits per heavy atom. The van der Waals surface area contributed by atoms with Gasteiger partial charge in [-0.15, -0.1) is 0 Å². The van der Waals surface area contributed by atoms with Gasteiger partial charge in [0.25, 0.3) is 0 Å². The molecule has 5 aliphatic rings. The highest BCUT2D eigenvalue weighted by atomic mass is 28.4. The third-order valence-electron chi connectivity index (χ3n) is 8.76. The molecule has 10 heteroatoms. The van der Waals surface area contributed by atoms with Gasteiger partial charge in [-0.1, -0.05) is 75.0 Å². The fourth-order valence-electron chi connectivity index (χ4n) is 6.19.